The maximum atomic E-state index is 13.8. The fraction of sp³-hybridized carbons (Fsp3) is 0.519. The van der Waals surface area contributed by atoms with E-state index in [0.29, 0.717) is 12.6 Å². The van der Waals surface area contributed by atoms with Crippen LogP contribution in [0.5, 0.6) is 0 Å². The number of pyridine rings is 1. The third-order valence-electron chi connectivity index (χ3n) is 7.85. The minimum Gasteiger partial charge on any atom is -0.309 e. The summed E-state index contributed by atoms with van der Waals surface area (Å²) in [4.78, 5) is 37.7. The Labute approximate surface area is 196 Å². The molecule has 1 aromatic heterocycles. The molecule has 1 aromatic carbocycles. The van der Waals surface area contributed by atoms with Crippen molar-refractivity contribution < 1.29 is 9.59 Å². The summed E-state index contributed by atoms with van der Waals surface area (Å²) in [5.74, 6) is -0.0329. The Balaban J connectivity index is 1.36. The lowest BCUT2D eigenvalue weighted by Gasteiger charge is -2.45. The maximum Gasteiger partial charge on any atom is 0.328 e. The van der Waals surface area contributed by atoms with Gasteiger partial charge in [0.15, 0.2) is 0 Å². The number of aromatic nitrogens is 1. The average Bonchev–Trinajstić information content (AvgIpc) is 3.06. The molecule has 1 aliphatic carbocycles. The van der Waals surface area contributed by atoms with Crippen molar-refractivity contribution in [2.24, 2.45) is 0 Å². The minimum atomic E-state index is -0.716. The molecular formula is C27H34N4O2. The highest BCUT2D eigenvalue weighted by atomic mass is 16.2. The Kier molecular flexibility index (Phi) is 6.45. The first-order valence-corrected chi connectivity index (χ1v) is 12.5. The molecule has 5 rings (SSSR count). The first-order chi connectivity index (χ1) is 16.2. The number of piperidine rings is 1. The van der Waals surface area contributed by atoms with Crippen LogP contribution in [-0.4, -0.2) is 62.8 Å². The van der Waals surface area contributed by atoms with Crippen molar-refractivity contribution in [3.05, 3.63) is 66.0 Å². The van der Waals surface area contributed by atoms with E-state index in [-0.39, 0.29) is 18.5 Å². The minimum absolute atomic E-state index is 0.0329. The summed E-state index contributed by atoms with van der Waals surface area (Å²) < 4.78 is 0. The average molecular weight is 447 g/mol. The van der Waals surface area contributed by atoms with Gasteiger partial charge in [0.1, 0.15) is 5.54 Å². The number of carbonyl (C=O) groups is 2. The maximum absolute atomic E-state index is 13.8. The molecule has 3 aliphatic rings. The largest absolute Gasteiger partial charge is 0.328 e. The number of carbonyl (C=O) groups excluding carboxylic acids is 2. The Morgan fingerprint density at radius 2 is 1.64 bits per heavy atom. The summed E-state index contributed by atoms with van der Waals surface area (Å²) in [5, 5.41) is 0. The SMILES string of the molecule is O=C1N(Cc2ccccn2)C(=O)C2(CCN(C3CCCCC3)CC2)N1CCc1ccccc1. The van der Waals surface area contributed by atoms with Gasteiger partial charge in [-0.15, -0.1) is 0 Å². The lowest BCUT2D eigenvalue weighted by molar-refractivity contribution is -0.136. The van der Waals surface area contributed by atoms with Gasteiger partial charge in [0.05, 0.1) is 12.2 Å². The van der Waals surface area contributed by atoms with Crippen LogP contribution in [-0.2, 0) is 17.8 Å². The quantitative estimate of drug-likeness (QED) is 0.623. The molecule has 33 heavy (non-hydrogen) atoms. The van der Waals surface area contributed by atoms with Gasteiger partial charge in [-0.1, -0.05) is 55.7 Å². The molecule has 0 radical (unpaired) electrons. The smallest absolute Gasteiger partial charge is 0.309 e. The molecule has 6 heteroatoms. The van der Waals surface area contributed by atoms with Crippen molar-refractivity contribution in [2.45, 2.75) is 69.5 Å². The summed E-state index contributed by atoms with van der Waals surface area (Å²) in [6.45, 7) is 2.59. The van der Waals surface area contributed by atoms with Crippen LogP contribution in [0.1, 0.15) is 56.2 Å². The number of benzene rings is 1. The van der Waals surface area contributed by atoms with E-state index in [9.17, 15) is 9.59 Å². The van der Waals surface area contributed by atoms with Gasteiger partial charge in [-0.3, -0.25) is 14.7 Å². The summed E-state index contributed by atoms with van der Waals surface area (Å²) in [6, 6.07) is 16.4. The second-order valence-corrected chi connectivity index (χ2v) is 9.74. The van der Waals surface area contributed by atoms with E-state index in [0.717, 1.165) is 38.0 Å². The zero-order valence-corrected chi connectivity index (χ0v) is 19.4. The zero-order chi connectivity index (χ0) is 22.7. The van der Waals surface area contributed by atoms with Gasteiger partial charge in [0.25, 0.3) is 5.91 Å². The molecule has 3 fully saturated rings. The van der Waals surface area contributed by atoms with Crippen LogP contribution in [0.3, 0.4) is 0 Å². The molecular weight excluding hydrogens is 412 g/mol. The van der Waals surface area contributed by atoms with Crippen LogP contribution in [0, 0.1) is 0 Å². The first-order valence-electron chi connectivity index (χ1n) is 12.5. The summed E-state index contributed by atoms with van der Waals surface area (Å²) >= 11 is 0. The lowest BCUT2D eigenvalue weighted by atomic mass is 9.83. The fourth-order valence-electron chi connectivity index (χ4n) is 5.96. The molecule has 3 heterocycles. The molecule has 174 valence electrons. The predicted octanol–water partition coefficient (Wildman–Crippen LogP) is 4.26. The van der Waals surface area contributed by atoms with Crippen LogP contribution in [0.25, 0.3) is 0 Å². The summed E-state index contributed by atoms with van der Waals surface area (Å²) in [7, 11) is 0. The van der Waals surface area contributed by atoms with E-state index < -0.39 is 5.54 Å². The van der Waals surface area contributed by atoms with Crippen molar-refractivity contribution in [3.8, 4) is 0 Å². The molecule has 1 saturated carbocycles. The van der Waals surface area contributed by atoms with Gasteiger partial charge >= 0.3 is 6.03 Å². The van der Waals surface area contributed by atoms with Gasteiger partial charge in [-0.05, 0) is 49.8 Å². The summed E-state index contributed by atoms with van der Waals surface area (Å²) in [6.07, 6.45) is 10.4. The molecule has 2 aliphatic heterocycles. The topological polar surface area (TPSA) is 56.8 Å². The fourth-order valence-corrected chi connectivity index (χ4v) is 5.96. The second-order valence-electron chi connectivity index (χ2n) is 9.74. The molecule has 0 bridgehead atoms. The summed E-state index contributed by atoms with van der Waals surface area (Å²) in [5.41, 5.74) is 1.22. The van der Waals surface area contributed by atoms with Gasteiger partial charge in [0, 0.05) is 31.9 Å². The van der Waals surface area contributed by atoms with Crippen LogP contribution in [0.2, 0.25) is 0 Å². The third-order valence-corrected chi connectivity index (χ3v) is 7.85. The van der Waals surface area contributed by atoms with E-state index in [1.165, 1.54) is 42.6 Å². The Hall–Kier alpha value is -2.73. The molecule has 2 saturated heterocycles. The van der Waals surface area contributed by atoms with Crippen LogP contribution in [0.4, 0.5) is 4.79 Å². The van der Waals surface area contributed by atoms with Gasteiger partial charge in [-0.2, -0.15) is 0 Å². The van der Waals surface area contributed by atoms with Gasteiger partial charge in [-0.25, -0.2) is 4.79 Å². The van der Waals surface area contributed by atoms with Crippen LogP contribution in [0.15, 0.2) is 54.7 Å². The standard InChI is InChI=1S/C27H34N4O2/c32-25-27(15-19-29(20-16-27)24-12-5-2-6-13-24)31(18-14-22-9-3-1-4-10-22)26(33)30(25)21-23-11-7-8-17-28-23/h1,3-4,7-11,17,24H,2,5-6,12-16,18-21H2. The zero-order valence-electron chi connectivity index (χ0n) is 19.4. The van der Waals surface area contributed by atoms with E-state index >= 15 is 0 Å². The number of imide groups is 1. The highest BCUT2D eigenvalue weighted by molar-refractivity contribution is 6.07. The van der Waals surface area contributed by atoms with Gasteiger partial charge < -0.3 is 9.80 Å². The number of rotatable bonds is 6. The van der Waals surface area contributed by atoms with Crippen molar-refractivity contribution in [1.82, 2.24) is 19.7 Å². The lowest BCUT2D eigenvalue weighted by Crippen LogP contribution is -2.58. The van der Waals surface area contributed by atoms with Crippen molar-refractivity contribution in [3.63, 3.8) is 0 Å². The van der Waals surface area contributed by atoms with Crippen molar-refractivity contribution >= 4 is 11.9 Å². The van der Waals surface area contributed by atoms with E-state index in [1.807, 2.05) is 41.3 Å². The number of hydrogen-bond acceptors (Lipinski definition) is 4. The van der Waals surface area contributed by atoms with E-state index in [2.05, 4.69) is 22.0 Å². The number of nitrogens with zero attached hydrogens (tertiary/aromatic N) is 4. The van der Waals surface area contributed by atoms with Crippen LogP contribution < -0.4 is 0 Å². The number of urea groups is 1. The highest BCUT2D eigenvalue weighted by Crippen LogP contribution is 2.39. The van der Waals surface area contributed by atoms with Crippen molar-refractivity contribution in [2.75, 3.05) is 19.6 Å². The first kappa shape index (κ1) is 22.1. The molecule has 2 aromatic rings. The predicted molar refractivity (Wildman–Crippen MR) is 127 cm³/mol. The molecule has 1 spiro atoms. The highest BCUT2D eigenvalue weighted by Gasteiger charge is 2.57. The normalized spacial score (nSPS) is 21.8. The Morgan fingerprint density at radius 3 is 2.33 bits per heavy atom. The molecule has 3 amide bonds. The molecule has 6 nitrogen and oxygen atoms in total. The van der Waals surface area contributed by atoms with Crippen molar-refractivity contribution in [1.29, 1.82) is 0 Å². The van der Waals surface area contributed by atoms with Crippen LogP contribution >= 0.6 is 0 Å². The number of hydrogen-bond donors (Lipinski definition) is 0. The Bertz CT molecular complexity index is 951. The number of likely N-dealkylation sites (tertiary alicyclic amines) is 1. The van der Waals surface area contributed by atoms with Gasteiger partial charge in [0.2, 0.25) is 0 Å². The van der Waals surface area contributed by atoms with E-state index in [4.69, 9.17) is 0 Å². The Morgan fingerprint density at radius 1 is 0.909 bits per heavy atom. The molecule has 0 unspecified atom stereocenters. The van der Waals surface area contributed by atoms with E-state index in [1.54, 1.807) is 6.20 Å². The number of amides is 3. The second kappa shape index (κ2) is 9.64. The third kappa shape index (κ3) is 4.41. The monoisotopic (exact) mass is 446 g/mol. The molecule has 0 N–H and O–H groups in total. The molecule has 0 atom stereocenters.